The summed E-state index contributed by atoms with van der Waals surface area (Å²) >= 11 is 0. The highest BCUT2D eigenvalue weighted by Gasteiger charge is 2.22. The number of pyridine rings is 1. The molecule has 1 rings (SSSR count). The van der Waals surface area contributed by atoms with Crippen LogP contribution in [0.1, 0.15) is 54.2 Å². The quantitative estimate of drug-likeness (QED) is 0.898. The molecule has 0 aliphatic carbocycles. The molecule has 1 N–H and O–H groups in total. The first-order valence-corrected chi connectivity index (χ1v) is 6.76. The Morgan fingerprint density at radius 1 is 1.25 bits per heavy atom. The number of aryl methyl sites for hydroxylation is 1. The van der Waals surface area contributed by atoms with Gasteiger partial charge in [0.25, 0.3) is 5.91 Å². The molecule has 0 aromatic carbocycles. The summed E-state index contributed by atoms with van der Waals surface area (Å²) in [7, 11) is 0. The Bertz CT molecular complexity index is 510. The van der Waals surface area contributed by atoms with Crippen molar-refractivity contribution < 1.29 is 14.7 Å². The molecule has 1 aromatic heterocycles. The first-order chi connectivity index (χ1) is 9.23. The molecule has 0 bridgehead atoms. The lowest BCUT2D eigenvalue weighted by Gasteiger charge is -2.28. The van der Waals surface area contributed by atoms with Crippen LogP contribution in [0.4, 0.5) is 0 Å². The van der Waals surface area contributed by atoms with E-state index in [0.29, 0.717) is 23.9 Å². The van der Waals surface area contributed by atoms with Gasteiger partial charge in [0.1, 0.15) is 5.69 Å². The Morgan fingerprint density at radius 3 is 2.25 bits per heavy atom. The van der Waals surface area contributed by atoms with Gasteiger partial charge in [-0.3, -0.25) is 4.79 Å². The molecule has 110 valence electrons. The number of nitrogens with zero attached hydrogens (tertiary/aromatic N) is 2. The number of aromatic carboxylic acids is 1. The van der Waals surface area contributed by atoms with Gasteiger partial charge in [0.2, 0.25) is 0 Å². The molecule has 0 unspecified atom stereocenters. The predicted molar refractivity (Wildman–Crippen MR) is 76.9 cm³/mol. The Kier molecular flexibility index (Phi) is 5.25. The standard InChI is InChI=1S/C15H22N2O3/c1-9(2)8-17(10(3)4)14(18)13-7-6-12(15(19)20)11(5)16-13/h6-7,9-10H,8H2,1-5H3,(H,19,20). The van der Waals surface area contributed by atoms with Gasteiger partial charge in [-0.05, 0) is 38.8 Å². The minimum Gasteiger partial charge on any atom is -0.478 e. The van der Waals surface area contributed by atoms with Gasteiger partial charge in [-0.15, -0.1) is 0 Å². The highest BCUT2D eigenvalue weighted by molar-refractivity contribution is 5.94. The van der Waals surface area contributed by atoms with Crippen LogP contribution in [0.25, 0.3) is 0 Å². The van der Waals surface area contributed by atoms with Gasteiger partial charge in [0, 0.05) is 12.6 Å². The van der Waals surface area contributed by atoms with Gasteiger partial charge >= 0.3 is 5.97 Å². The van der Waals surface area contributed by atoms with Gasteiger partial charge in [0.05, 0.1) is 11.3 Å². The Balaban J connectivity index is 3.06. The molecular formula is C15H22N2O3. The maximum atomic E-state index is 12.5. The van der Waals surface area contributed by atoms with E-state index in [2.05, 4.69) is 18.8 Å². The summed E-state index contributed by atoms with van der Waals surface area (Å²) in [5.74, 6) is -0.827. The fraction of sp³-hybridized carbons (Fsp3) is 0.533. The van der Waals surface area contributed by atoms with E-state index in [0.717, 1.165) is 0 Å². The second kappa shape index (κ2) is 6.50. The van der Waals surface area contributed by atoms with E-state index < -0.39 is 5.97 Å². The van der Waals surface area contributed by atoms with Gasteiger partial charge < -0.3 is 10.0 Å². The van der Waals surface area contributed by atoms with Crippen LogP contribution in [0.3, 0.4) is 0 Å². The van der Waals surface area contributed by atoms with Gasteiger partial charge in [-0.2, -0.15) is 0 Å². The molecule has 1 aromatic rings. The van der Waals surface area contributed by atoms with E-state index in [1.54, 1.807) is 11.8 Å². The largest absolute Gasteiger partial charge is 0.478 e. The van der Waals surface area contributed by atoms with Gasteiger partial charge in [0.15, 0.2) is 0 Å². The van der Waals surface area contributed by atoms with E-state index in [1.807, 2.05) is 13.8 Å². The number of carbonyl (C=O) groups excluding carboxylic acids is 1. The lowest BCUT2D eigenvalue weighted by atomic mass is 10.1. The molecule has 0 aliphatic rings. The van der Waals surface area contributed by atoms with Crippen molar-refractivity contribution >= 4 is 11.9 Å². The molecule has 5 nitrogen and oxygen atoms in total. The van der Waals surface area contributed by atoms with Gasteiger partial charge in [-0.1, -0.05) is 13.8 Å². The molecule has 0 radical (unpaired) electrons. The summed E-state index contributed by atoms with van der Waals surface area (Å²) in [6.07, 6.45) is 0. The first-order valence-electron chi connectivity index (χ1n) is 6.76. The van der Waals surface area contributed by atoms with E-state index >= 15 is 0 Å². The lowest BCUT2D eigenvalue weighted by Crippen LogP contribution is -2.40. The van der Waals surface area contributed by atoms with Crippen LogP contribution in [0.5, 0.6) is 0 Å². The SMILES string of the molecule is Cc1nc(C(=O)N(CC(C)C)C(C)C)ccc1C(=O)O. The zero-order valence-corrected chi connectivity index (χ0v) is 12.7. The van der Waals surface area contributed by atoms with E-state index in [1.165, 1.54) is 12.1 Å². The van der Waals surface area contributed by atoms with Crippen LogP contribution in [0.15, 0.2) is 12.1 Å². The summed E-state index contributed by atoms with van der Waals surface area (Å²) in [6.45, 7) is 10.3. The lowest BCUT2D eigenvalue weighted by molar-refractivity contribution is 0.0667. The van der Waals surface area contributed by atoms with Crippen LogP contribution >= 0.6 is 0 Å². The number of amides is 1. The average molecular weight is 278 g/mol. The fourth-order valence-electron chi connectivity index (χ4n) is 1.97. The third-order valence-electron chi connectivity index (χ3n) is 2.98. The highest BCUT2D eigenvalue weighted by Crippen LogP contribution is 2.12. The number of carboxylic acids is 1. The number of hydrogen-bond donors (Lipinski definition) is 1. The zero-order chi connectivity index (χ0) is 15.4. The predicted octanol–water partition coefficient (Wildman–Crippen LogP) is 2.59. The third kappa shape index (κ3) is 3.79. The zero-order valence-electron chi connectivity index (χ0n) is 12.7. The van der Waals surface area contributed by atoms with E-state index in [4.69, 9.17) is 5.11 Å². The average Bonchev–Trinajstić information content (AvgIpc) is 2.34. The maximum absolute atomic E-state index is 12.5. The first kappa shape index (κ1) is 16.1. The van der Waals surface area contributed by atoms with Crippen molar-refractivity contribution in [1.29, 1.82) is 0 Å². The van der Waals surface area contributed by atoms with Crippen LogP contribution in [0, 0.1) is 12.8 Å². The number of carbonyl (C=O) groups is 2. The molecule has 5 heteroatoms. The second-order valence-corrected chi connectivity index (χ2v) is 5.58. The molecule has 0 aliphatic heterocycles. The van der Waals surface area contributed by atoms with Crippen molar-refractivity contribution in [2.45, 2.75) is 40.7 Å². The summed E-state index contributed by atoms with van der Waals surface area (Å²) in [5.41, 5.74) is 0.778. The summed E-state index contributed by atoms with van der Waals surface area (Å²) < 4.78 is 0. The molecule has 1 amide bonds. The molecule has 0 atom stereocenters. The topological polar surface area (TPSA) is 70.5 Å². The minimum absolute atomic E-state index is 0.0751. The van der Waals surface area contributed by atoms with E-state index in [-0.39, 0.29) is 17.5 Å². The summed E-state index contributed by atoms with van der Waals surface area (Å²) in [4.78, 5) is 29.3. The molecule has 0 fully saturated rings. The summed E-state index contributed by atoms with van der Waals surface area (Å²) in [6, 6.07) is 2.99. The Labute approximate surface area is 119 Å². The minimum atomic E-state index is -1.03. The van der Waals surface area contributed by atoms with Crippen molar-refractivity contribution in [1.82, 2.24) is 9.88 Å². The monoisotopic (exact) mass is 278 g/mol. The number of hydrogen-bond acceptors (Lipinski definition) is 3. The van der Waals surface area contributed by atoms with Gasteiger partial charge in [-0.25, -0.2) is 9.78 Å². The normalized spacial score (nSPS) is 10.9. The van der Waals surface area contributed by atoms with Crippen molar-refractivity contribution in [3.63, 3.8) is 0 Å². The van der Waals surface area contributed by atoms with Crippen LogP contribution in [-0.4, -0.2) is 39.5 Å². The molecule has 20 heavy (non-hydrogen) atoms. The Morgan fingerprint density at radius 2 is 1.85 bits per heavy atom. The maximum Gasteiger partial charge on any atom is 0.337 e. The third-order valence-corrected chi connectivity index (χ3v) is 2.98. The molecular weight excluding hydrogens is 256 g/mol. The number of rotatable bonds is 5. The summed E-state index contributed by atoms with van der Waals surface area (Å²) in [5, 5.41) is 8.98. The smallest absolute Gasteiger partial charge is 0.337 e. The van der Waals surface area contributed by atoms with Crippen molar-refractivity contribution in [2.75, 3.05) is 6.54 Å². The van der Waals surface area contributed by atoms with E-state index in [9.17, 15) is 9.59 Å². The highest BCUT2D eigenvalue weighted by atomic mass is 16.4. The number of aromatic nitrogens is 1. The van der Waals surface area contributed by atoms with Crippen LogP contribution < -0.4 is 0 Å². The molecule has 0 saturated carbocycles. The van der Waals surface area contributed by atoms with Crippen LogP contribution in [-0.2, 0) is 0 Å². The second-order valence-electron chi connectivity index (χ2n) is 5.58. The van der Waals surface area contributed by atoms with Crippen molar-refractivity contribution in [3.8, 4) is 0 Å². The number of carboxylic acid groups (broad SMARTS) is 1. The molecule has 1 heterocycles. The van der Waals surface area contributed by atoms with Crippen LogP contribution in [0.2, 0.25) is 0 Å². The fourth-order valence-corrected chi connectivity index (χ4v) is 1.97. The molecule has 0 saturated heterocycles. The van der Waals surface area contributed by atoms with Crippen molar-refractivity contribution in [3.05, 3.63) is 29.1 Å². The van der Waals surface area contributed by atoms with Crippen molar-refractivity contribution in [2.24, 2.45) is 5.92 Å². The Hall–Kier alpha value is -1.91. The molecule has 0 spiro atoms.